The molecule has 9 rings (SSSR count). The molecule has 0 amide bonds. The minimum absolute atomic E-state index is 0.128. The number of hydrogen-bond acceptors (Lipinski definition) is 6. The average Bonchev–Trinajstić information content (AvgIpc) is 3.24. The van der Waals surface area contributed by atoms with Gasteiger partial charge in [-0.15, -0.1) is 0 Å². The monoisotopic (exact) mass is 756 g/mol. The van der Waals surface area contributed by atoms with Gasteiger partial charge in [0.2, 0.25) is 0 Å². The molecule has 0 aliphatic rings. The molecule has 0 atom stereocenters. The third-order valence-corrected chi connectivity index (χ3v) is 11.2. The second kappa shape index (κ2) is 16.1. The van der Waals surface area contributed by atoms with Gasteiger partial charge in [0.25, 0.3) is 0 Å². The third-order valence-electron chi connectivity index (χ3n) is 9.16. The van der Waals surface area contributed by atoms with Crippen LogP contribution < -0.4 is 22.6 Å². The largest absolute Gasteiger partial charge is 0.530 e. The van der Waals surface area contributed by atoms with Gasteiger partial charge in [0.15, 0.2) is 0 Å². The maximum atomic E-state index is 6.70. The van der Waals surface area contributed by atoms with Gasteiger partial charge in [-0.05, 0) is 51.9 Å². The summed E-state index contributed by atoms with van der Waals surface area (Å²) in [7, 11) is -3.96. The van der Waals surface area contributed by atoms with Gasteiger partial charge in [-0.2, -0.15) is 0 Å². The first-order chi connectivity index (χ1) is 27.2. The Balaban J connectivity index is 1.03. The van der Waals surface area contributed by atoms with Crippen molar-refractivity contribution in [2.24, 2.45) is 0 Å². The Labute approximate surface area is 321 Å². The molecule has 6 nitrogen and oxygen atoms in total. The Kier molecular flexibility index (Phi) is 10.1. The van der Waals surface area contributed by atoms with Crippen molar-refractivity contribution in [1.29, 1.82) is 0 Å². The first kappa shape index (κ1) is 34.6. The van der Waals surface area contributed by atoms with E-state index in [2.05, 4.69) is 48.5 Å². The van der Waals surface area contributed by atoms with Crippen LogP contribution in [0.15, 0.2) is 194 Å². The molecule has 268 valence electrons. The molecule has 55 heavy (non-hydrogen) atoms. The van der Waals surface area contributed by atoms with Crippen LogP contribution in [0.25, 0.3) is 43.1 Å². The number of hydrogen-bond donors (Lipinski definition) is 0. The van der Waals surface area contributed by atoms with Crippen LogP contribution in [-0.2, 0) is 11.1 Å². The van der Waals surface area contributed by atoms with E-state index in [4.69, 9.17) is 27.1 Å². The van der Waals surface area contributed by atoms with Crippen molar-refractivity contribution < 1.29 is 27.1 Å². The molecule has 0 fully saturated rings. The quantitative estimate of drug-likeness (QED) is 0.109. The van der Waals surface area contributed by atoms with Crippen molar-refractivity contribution in [3.8, 4) is 28.7 Å². The fraction of sp³-hybridized carbons (Fsp3) is 0.0213. The Morgan fingerprint density at radius 2 is 0.564 bits per heavy atom. The highest BCUT2D eigenvalue weighted by molar-refractivity contribution is 7.43. The van der Waals surface area contributed by atoms with E-state index in [1.807, 2.05) is 146 Å². The summed E-state index contributed by atoms with van der Waals surface area (Å²) in [6.45, 7) is 0.128. The van der Waals surface area contributed by atoms with Crippen molar-refractivity contribution in [3.63, 3.8) is 0 Å². The summed E-state index contributed by atoms with van der Waals surface area (Å²) in [4.78, 5) is 0. The molecule has 9 aromatic carbocycles. The maximum Gasteiger partial charge on any atom is 0.530 e. The highest BCUT2D eigenvalue weighted by Gasteiger charge is 2.25. The number of para-hydroxylation sites is 1. The van der Waals surface area contributed by atoms with Crippen LogP contribution in [-0.4, -0.2) is 0 Å². The standard InChI is InChI=1S/C47H34O6P2/c1-6-24-39-34(15-1)20-11-29-44(39)50-54(51-45-30-12-21-35-16-2-7-25-40(35)45)48-33-38-19-5-10-28-43(38)49-55(52-46-31-13-22-36-17-3-8-26-41(36)46)53-47-32-14-23-37-18-4-9-27-42(37)47/h1-32H,33H2. The lowest BCUT2D eigenvalue weighted by Crippen LogP contribution is -2.06. The van der Waals surface area contributed by atoms with E-state index >= 15 is 0 Å². The van der Waals surface area contributed by atoms with Gasteiger partial charge in [0.1, 0.15) is 28.7 Å². The molecule has 0 bridgehead atoms. The fourth-order valence-corrected chi connectivity index (χ4v) is 8.58. The van der Waals surface area contributed by atoms with Gasteiger partial charge < -0.3 is 22.6 Å². The normalized spacial score (nSPS) is 11.4. The van der Waals surface area contributed by atoms with Crippen molar-refractivity contribution >= 4 is 60.3 Å². The van der Waals surface area contributed by atoms with Crippen molar-refractivity contribution in [2.45, 2.75) is 6.61 Å². The average molecular weight is 757 g/mol. The van der Waals surface area contributed by atoms with Crippen LogP contribution in [0.1, 0.15) is 5.56 Å². The molecule has 9 aromatic rings. The minimum atomic E-state index is -2.01. The molecule has 0 unspecified atom stereocenters. The molecule has 8 heteroatoms. The molecule has 0 N–H and O–H groups in total. The zero-order valence-electron chi connectivity index (χ0n) is 29.5. The minimum Gasteiger partial charge on any atom is -0.417 e. The van der Waals surface area contributed by atoms with Gasteiger partial charge in [-0.3, -0.25) is 4.52 Å². The van der Waals surface area contributed by atoms with Crippen LogP contribution in [0.4, 0.5) is 0 Å². The summed E-state index contributed by atoms with van der Waals surface area (Å²) in [6, 6.07) is 64.0. The van der Waals surface area contributed by atoms with Gasteiger partial charge in [0, 0.05) is 27.1 Å². The lowest BCUT2D eigenvalue weighted by Gasteiger charge is -2.22. The van der Waals surface area contributed by atoms with Crippen molar-refractivity contribution in [1.82, 2.24) is 0 Å². The molecule has 0 radical (unpaired) electrons. The highest BCUT2D eigenvalue weighted by atomic mass is 31.2. The predicted molar refractivity (Wildman–Crippen MR) is 224 cm³/mol. The molecule has 0 aliphatic carbocycles. The first-order valence-electron chi connectivity index (χ1n) is 17.9. The Bertz CT molecular complexity index is 2570. The summed E-state index contributed by atoms with van der Waals surface area (Å²) in [5.41, 5.74) is 0.772. The number of benzene rings is 9. The summed E-state index contributed by atoms with van der Waals surface area (Å²) >= 11 is 0. The summed E-state index contributed by atoms with van der Waals surface area (Å²) in [5.74, 6) is 3.22. The van der Waals surface area contributed by atoms with Crippen LogP contribution in [0.3, 0.4) is 0 Å². The van der Waals surface area contributed by atoms with Gasteiger partial charge in [0.05, 0.1) is 6.61 Å². The van der Waals surface area contributed by atoms with E-state index in [1.54, 1.807) is 0 Å². The summed E-state index contributed by atoms with van der Waals surface area (Å²) in [6.07, 6.45) is 0. The SMILES string of the molecule is c1ccc(OP(Oc2cccc3ccccc23)Oc2cccc3ccccc23)c(COP(Oc2cccc3ccccc23)Oc2cccc3ccccc23)c1. The smallest absolute Gasteiger partial charge is 0.417 e. The number of rotatable bonds is 13. The lowest BCUT2D eigenvalue weighted by molar-refractivity contribution is 0.255. The zero-order valence-corrected chi connectivity index (χ0v) is 31.3. The van der Waals surface area contributed by atoms with Gasteiger partial charge >= 0.3 is 17.2 Å². The number of fused-ring (bicyclic) bond motifs is 4. The molecule has 0 saturated carbocycles. The van der Waals surface area contributed by atoms with Crippen LogP contribution in [0.5, 0.6) is 28.7 Å². The predicted octanol–water partition coefficient (Wildman–Crippen LogP) is 14.0. The van der Waals surface area contributed by atoms with E-state index < -0.39 is 17.2 Å². The van der Waals surface area contributed by atoms with Crippen molar-refractivity contribution in [2.75, 3.05) is 0 Å². The Hall–Kier alpha value is -6.16. The summed E-state index contributed by atoms with van der Waals surface area (Å²) < 4.78 is 39.7. The van der Waals surface area contributed by atoms with E-state index in [0.717, 1.165) is 48.7 Å². The van der Waals surface area contributed by atoms with Gasteiger partial charge in [-0.25, -0.2) is 0 Å². The molecule has 0 aromatic heterocycles. The van der Waals surface area contributed by atoms with Gasteiger partial charge in [-0.1, -0.05) is 164 Å². The van der Waals surface area contributed by atoms with Crippen LogP contribution >= 0.6 is 17.2 Å². The lowest BCUT2D eigenvalue weighted by atomic mass is 10.1. The maximum absolute atomic E-state index is 6.70. The van der Waals surface area contributed by atoms with Crippen LogP contribution in [0.2, 0.25) is 0 Å². The molecule has 0 spiro atoms. The molecule has 0 heterocycles. The molecular weight excluding hydrogens is 722 g/mol. The Morgan fingerprint density at radius 3 is 0.982 bits per heavy atom. The second-order valence-electron chi connectivity index (χ2n) is 12.7. The second-order valence-corrected chi connectivity index (χ2v) is 14.8. The third kappa shape index (κ3) is 7.76. The van der Waals surface area contributed by atoms with E-state index in [0.29, 0.717) is 28.7 Å². The van der Waals surface area contributed by atoms with Crippen LogP contribution in [0, 0.1) is 0 Å². The van der Waals surface area contributed by atoms with E-state index in [1.165, 1.54) is 0 Å². The van der Waals surface area contributed by atoms with E-state index in [-0.39, 0.29) is 6.61 Å². The first-order valence-corrected chi connectivity index (χ1v) is 20.1. The van der Waals surface area contributed by atoms with Crippen molar-refractivity contribution in [3.05, 3.63) is 200 Å². The highest BCUT2D eigenvalue weighted by Crippen LogP contribution is 2.49. The molecule has 0 saturated heterocycles. The summed E-state index contributed by atoms with van der Waals surface area (Å²) in [5, 5.41) is 8.08. The molecular formula is C47H34O6P2. The zero-order chi connectivity index (χ0) is 36.8. The Morgan fingerprint density at radius 1 is 0.273 bits per heavy atom. The fourth-order valence-electron chi connectivity index (χ4n) is 6.46. The topological polar surface area (TPSA) is 55.4 Å². The molecule has 0 aliphatic heterocycles. The van der Waals surface area contributed by atoms with E-state index in [9.17, 15) is 0 Å².